The van der Waals surface area contributed by atoms with Crippen molar-refractivity contribution in [2.45, 2.75) is 18.8 Å². The van der Waals surface area contributed by atoms with E-state index in [-0.39, 0.29) is 16.2 Å². The molecule has 1 aromatic heterocycles. The molecule has 1 saturated carbocycles. The highest BCUT2D eigenvalue weighted by Crippen LogP contribution is 2.65. The van der Waals surface area contributed by atoms with Crippen LogP contribution in [0.1, 0.15) is 38.5 Å². The van der Waals surface area contributed by atoms with Crippen LogP contribution in [0, 0.1) is 12.8 Å². The fourth-order valence-electron chi connectivity index (χ4n) is 3.79. The molecule has 1 spiro atoms. The zero-order valence-electron chi connectivity index (χ0n) is 11.1. The number of ether oxygens (including phenoxy) is 1. The van der Waals surface area contributed by atoms with Crippen molar-refractivity contribution in [3.63, 3.8) is 0 Å². The Hall–Kier alpha value is -1.75. The Morgan fingerprint density at radius 3 is 2.90 bits per heavy atom. The van der Waals surface area contributed by atoms with Crippen LogP contribution in [-0.2, 0) is 10.2 Å². The monoisotopic (exact) mass is 292 g/mol. The van der Waals surface area contributed by atoms with E-state index in [9.17, 15) is 9.59 Å². The van der Waals surface area contributed by atoms with Crippen LogP contribution in [0.5, 0.6) is 0 Å². The van der Waals surface area contributed by atoms with Gasteiger partial charge in [-0.25, -0.2) is 4.79 Å². The Morgan fingerprint density at radius 2 is 2.25 bits per heavy atom. The molecule has 2 unspecified atom stereocenters. The third-order valence-corrected chi connectivity index (χ3v) is 5.11. The number of aryl methyl sites for hydroxylation is 1. The normalized spacial score (nSPS) is 29.6. The summed E-state index contributed by atoms with van der Waals surface area (Å²) in [6.45, 7) is 2.57. The van der Waals surface area contributed by atoms with E-state index in [1.807, 2.05) is 0 Å². The van der Waals surface area contributed by atoms with E-state index < -0.39 is 5.97 Å². The largest absolute Gasteiger partial charge is 0.465 e. The van der Waals surface area contributed by atoms with Crippen LogP contribution in [0.2, 0.25) is 0 Å². The molecule has 2 fully saturated rings. The van der Waals surface area contributed by atoms with Gasteiger partial charge in [0.1, 0.15) is 5.03 Å². The Bertz CT molecular complexity index is 718. The van der Waals surface area contributed by atoms with Crippen LogP contribution >= 0.6 is 11.6 Å². The van der Waals surface area contributed by atoms with Crippen molar-refractivity contribution < 1.29 is 14.3 Å². The van der Waals surface area contributed by atoms with Gasteiger partial charge < -0.3 is 15.0 Å². The van der Waals surface area contributed by atoms with E-state index >= 15 is 0 Å². The van der Waals surface area contributed by atoms with Crippen LogP contribution in [0.25, 0.3) is 0 Å². The number of hydrogen-bond acceptors (Lipinski definition) is 4. The molecule has 0 radical (unpaired) electrons. The maximum Gasteiger partial charge on any atom is 0.340 e. The van der Waals surface area contributed by atoms with E-state index in [2.05, 4.69) is 10.3 Å². The third kappa shape index (κ3) is 1.11. The molecule has 1 saturated heterocycles. The van der Waals surface area contributed by atoms with Crippen molar-refractivity contribution in [2.24, 2.45) is 5.92 Å². The van der Waals surface area contributed by atoms with E-state index in [0.29, 0.717) is 22.9 Å². The summed E-state index contributed by atoms with van der Waals surface area (Å²) in [5, 5.41) is 3.47. The summed E-state index contributed by atoms with van der Waals surface area (Å²) in [6.07, 6.45) is 0.924. The van der Waals surface area contributed by atoms with Crippen molar-refractivity contribution >= 4 is 23.4 Å². The number of aromatic nitrogens is 1. The first kappa shape index (κ1) is 12.0. The molecule has 2 aliphatic carbocycles. The van der Waals surface area contributed by atoms with E-state index in [4.69, 9.17) is 16.3 Å². The van der Waals surface area contributed by atoms with Gasteiger partial charge in [0.05, 0.1) is 18.4 Å². The number of fused-ring (bicyclic) bond motifs is 1. The summed E-state index contributed by atoms with van der Waals surface area (Å²) in [5.41, 5.74) is 2.88. The number of methoxy groups -OCH3 is 1. The van der Waals surface area contributed by atoms with Gasteiger partial charge in [-0.2, -0.15) is 0 Å². The van der Waals surface area contributed by atoms with Gasteiger partial charge in [-0.3, -0.25) is 4.79 Å². The second-order valence-electron chi connectivity index (χ2n) is 5.64. The first-order valence-corrected chi connectivity index (χ1v) is 6.90. The van der Waals surface area contributed by atoms with Crippen molar-refractivity contribution in [1.29, 1.82) is 0 Å². The van der Waals surface area contributed by atoms with Crippen molar-refractivity contribution in [3.05, 3.63) is 33.2 Å². The lowest BCUT2D eigenvalue weighted by atomic mass is 9.82. The van der Waals surface area contributed by atoms with Gasteiger partial charge >= 0.3 is 5.97 Å². The number of allylic oxidation sites excluding steroid dienone is 2. The number of hydrogen-bond donors (Lipinski definition) is 2. The smallest absolute Gasteiger partial charge is 0.340 e. The zero-order valence-corrected chi connectivity index (χ0v) is 11.9. The lowest BCUT2D eigenvalue weighted by Crippen LogP contribution is -2.28. The molecular weight excluding hydrogens is 280 g/mol. The summed E-state index contributed by atoms with van der Waals surface area (Å²) in [6, 6.07) is 0. The van der Waals surface area contributed by atoms with Gasteiger partial charge in [-0.15, -0.1) is 0 Å². The van der Waals surface area contributed by atoms with Gasteiger partial charge in [0, 0.05) is 28.9 Å². The average Bonchev–Trinajstić information content (AvgIpc) is 2.85. The third-order valence-electron chi connectivity index (χ3n) is 4.75. The van der Waals surface area contributed by atoms with Crippen LogP contribution in [0.15, 0.2) is 10.7 Å². The molecule has 1 aromatic rings. The second kappa shape index (κ2) is 3.47. The number of nitrogens with one attached hydrogen (secondary N) is 2. The number of aromatic amines is 1. The molecule has 6 heteroatoms. The number of esters is 1. The maximum absolute atomic E-state index is 12.4. The fraction of sp³-hybridized carbons (Fsp3) is 0.429. The highest BCUT2D eigenvalue weighted by Gasteiger charge is 2.67. The summed E-state index contributed by atoms with van der Waals surface area (Å²) < 4.78 is 4.88. The van der Waals surface area contributed by atoms with Gasteiger partial charge in [0.2, 0.25) is 5.78 Å². The Kier molecular flexibility index (Phi) is 2.08. The first-order chi connectivity index (χ1) is 9.52. The Morgan fingerprint density at radius 1 is 1.50 bits per heavy atom. The molecule has 1 aliphatic heterocycles. The van der Waals surface area contributed by atoms with Gasteiger partial charge in [-0.1, -0.05) is 11.6 Å². The summed E-state index contributed by atoms with van der Waals surface area (Å²) in [5.74, 6) is -0.255. The molecule has 104 valence electrons. The molecule has 4 rings (SSSR count). The van der Waals surface area contributed by atoms with E-state index in [0.717, 1.165) is 24.2 Å². The molecule has 3 aliphatic rings. The zero-order chi connectivity index (χ0) is 14.2. The van der Waals surface area contributed by atoms with Crippen LogP contribution in [-0.4, -0.2) is 30.4 Å². The predicted octanol–water partition coefficient (Wildman–Crippen LogP) is 1.62. The van der Waals surface area contributed by atoms with Crippen LogP contribution < -0.4 is 5.32 Å². The molecule has 2 N–H and O–H groups in total. The molecule has 5 nitrogen and oxygen atoms in total. The maximum atomic E-state index is 12.4. The Balaban J connectivity index is 2.04. The standard InChI is InChI=1S/C14H13ClN2O3/c1-5-7(13(19)20-2)8-10(17-5)11(18)9(15)12-14(8)3-6(14)4-16-12/h6,16-17H,3-4H2,1-2H3. The number of Topliss-reactive ketones (excluding diaryl/α,β-unsaturated/α-hetero) is 1. The summed E-state index contributed by atoms with van der Waals surface area (Å²) in [4.78, 5) is 27.5. The van der Waals surface area contributed by atoms with Gasteiger partial charge in [0.15, 0.2) is 0 Å². The van der Waals surface area contributed by atoms with Crippen LogP contribution in [0.3, 0.4) is 0 Å². The topological polar surface area (TPSA) is 71.2 Å². The van der Waals surface area contributed by atoms with E-state index in [1.165, 1.54) is 7.11 Å². The number of carbonyl (C=O) groups excluding carboxylic acids is 2. The van der Waals surface area contributed by atoms with Crippen molar-refractivity contribution in [1.82, 2.24) is 10.3 Å². The minimum Gasteiger partial charge on any atom is -0.465 e. The molecule has 2 heterocycles. The number of H-pyrrole nitrogens is 1. The fourth-order valence-corrected chi connectivity index (χ4v) is 4.12. The highest BCUT2D eigenvalue weighted by atomic mass is 35.5. The molecular formula is C14H13ClN2O3. The second-order valence-corrected chi connectivity index (χ2v) is 6.02. The van der Waals surface area contributed by atoms with E-state index in [1.54, 1.807) is 6.92 Å². The quantitative estimate of drug-likeness (QED) is 0.772. The number of halogens is 1. The molecule has 0 aromatic carbocycles. The highest BCUT2D eigenvalue weighted by molar-refractivity contribution is 6.46. The lowest BCUT2D eigenvalue weighted by molar-refractivity contribution is 0.0598. The Labute approximate surface area is 120 Å². The lowest BCUT2D eigenvalue weighted by Gasteiger charge is -2.24. The molecule has 20 heavy (non-hydrogen) atoms. The molecule has 0 amide bonds. The van der Waals surface area contributed by atoms with Crippen molar-refractivity contribution in [2.75, 3.05) is 13.7 Å². The number of carbonyl (C=O) groups is 2. The van der Waals surface area contributed by atoms with Gasteiger partial charge in [0.25, 0.3) is 0 Å². The number of rotatable bonds is 1. The molecule has 0 bridgehead atoms. The number of ketones is 1. The summed E-state index contributed by atoms with van der Waals surface area (Å²) >= 11 is 6.22. The number of piperidine rings is 1. The minimum atomic E-state index is -0.405. The van der Waals surface area contributed by atoms with Gasteiger partial charge in [-0.05, 0) is 19.3 Å². The van der Waals surface area contributed by atoms with Crippen LogP contribution in [0.4, 0.5) is 0 Å². The molecule has 2 atom stereocenters. The van der Waals surface area contributed by atoms with Crippen molar-refractivity contribution in [3.8, 4) is 0 Å². The summed E-state index contributed by atoms with van der Waals surface area (Å²) in [7, 11) is 1.35. The minimum absolute atomic E-state index is 0.246. The SMILES string of the molecule is COC(=O)c1c(C)[nH]c2c1C13CC1CNC3=C(Cl)C2=O. The predicted molar refractivity (Wildman–Crippen MR) is 71.9 cm³/mol. The first-order valence-electron chi connectivity index (χ1n) is 6.52. The average molecular weight is 293 g/mol.